The van der Waals surface area contributed by atoms with Crippen molar-refractivity contribution < 1.29 is 14.0 Å². The highest BCUT2D eigenvalue weighted by atomic mass is 35.5. The molecule has 0 aliphatic heterocycles. The molecule has 0 saturated heterocycles. The van der Waals surface area contributed by atoms with Crippen LogP contribution in [0.25, 0.3) is 10.4 Å². The van der Waals surface area contributed by atoms with E-state index < -0.39 is 11.9 Å². The number of carbonyl (C=O) groups is 2. The number of hydrogen-bond acceptors (Lipinski definition) is 5. The molecule has 2 heterocycles. The van der Waals surface area contributed by atoms with E-state index in [-0.39, 0.29) is 30.4 Å². The van der Waals surface area contributed by atoms with Crippen molar-refractivity contribution in [1.29, 1.82) is 5.41 Å². The number of hydrogen-bond donors (Lipinski definition) is 3. The molecule has 0 aliphatic rings. The van der Waals surface area contributed by atoms with Crippen LogP contribution in [0.15, 0.2) is 53.1 Å². The molecular weight excluding hydrogens is 409 g/mol. The summed E-state index contributed by atoms with van der Waals surface area (Å²) < 4.78 is 5.17. The van der Waals surface area contributed by atoms with E-state index in [0.717, 1.165) is 10.4 Å². The summed E-state index contributed by atoms with van der Waals surface area (Å²) in [6.45, 7) is 0. The molecule has 0 fully saturated rings. The lowest BCUT2D eigenvalue weighted by molar-refractivity contribution is -0.119. The number of benzene rings is 1. The van der Waals surface area contributed by atoms with Crippen LogP contribution in [0.5, 0.6) is 0 Å². The Kier molecular flexibility index (Phi) is 6.79. The molecule has 1 aromatic carbocycles. The Hall–Kier alpha value is -2.61. The molecule has 0 saturated carbocycles. The largest absolute Gasteiger partial charge is 0.461 e. The van der Waals surface area contributed by atoms with Gasteiger partial charge in [-0.3, -0.25) is 20.3 Å². The van der Waals surface area contributed by atoms with Crippen LogP contribution in [0, 0.1) is 5.41 Å². The van der Waals surface area contributed by atoms with E-state index >= 15 is 0 Å². The molecule has 0 spiro atoms. The number of rotatable bonds is 5. The summed E-state index contributed by atoms with van der Waals surface area (Å²) in [7, 11) is 0. The van der Waals surface area contributed by atoms with E-state index in [4.69, 9.17) is 27.2 Å². The average molecular weight is 424 g/mol. The maximum atomic E-state index is 12.6. The molecular formula is C18H15Cl2N3O3S. The minimum absolute atomic E-state index is 0. The molecule has 0 atom stereocenters. The first-order valence-corrected chi connectivity index (χ1v) is 8.74. The van der Waals surface area contributed by atoms with Crippen molar-refractivity contribution in [3.8, 4) is 10.4 Å². The van der Waals surface area contributed by atoms with Crippen molar-refractivity contribution >= 4 is 53.0 Å². The van der Waals surface area contributed by atoms with Crippen LogP contribution >= 0.6 is 35.3 Å². The number of thiophene rings is 1. The maximum absolute atomic E-state index is 12.6. The second-order valence-corrected chi connectivity index (χ2v) is 6.91. The lowest BCUT2D eigenvalue weighted by atomic mass is 10.1. The minimum Gasteiger partial charge on any atom is -0.461 e. The van der Waals surface area contributed by atoms with Crippen LogP contribution in [-0.4, -0.2) is 17.6 Å². The maximum Gasteiger partial charge on any atom is 0.238 e. The van der Waals surface area contributed by atoms with Gasteiger partial charge in [-0.1, -0.05) is 23.7 Å². The summed E-state index contributed by atoms with van der Waals surface area (Å²) in [4.78, 5) is 25.8. The Labute approximate surface area is 170 Å². The number of carbonyl (C=O) groups excluding carboxylic acids is 2. The van der Waals surface area contributed by atoms with Gasteiger partial charge in [0.2, 0.25) is 11.7 Å². The molecule has 9 heteroatoms. The molecule has 1 amide bonds. The first-order chi connectivity index (χ1) is 12.4. The second-order valence-electron chi connectivity index (χ2n) is 5.42. The van der Waals surface area contributed by atoms with Crippen molar-refractivity contribution in [3.05, 3.63) is 70.0 Å². The molecule has 0 aliphatic carbocycles. The topological polar surface area (TPSA) is 109 Å². The van der Waals surface area contributed by atoms with Crippen molar-refractivity contribution in [1.82, 2.24) is 5.32 Å². The van der Waals surface area contributed by atoms with Crippen molar-refractivity contribution in [2.75, 3.05) is 0 Å². The van der Waals surface area contributed by atoms with Crippen molar-refractivity contribution in [2.45, 2.75) is 6.42 Å². The summed E-state index contributed by atoms with van der Waals surface area (Å²) in [5, 5.41) is 10.0. The third-order valence-electron chi connectivity index (χ3n) is 3.51. The van der Waals surface area contributed by atoms with Crippen LogP contribution in [0.3, 0.4) is 0 Å². The van der Waals surface area contributed by atoms with E-state index in [1.54, 1.807) is 30.3 Å². The number of guanidine groups is 1. The molecule has 2 aromatic heterocycles. The predicted octanol–water partition coefficient (Wildman–Crippen LogP) is 3.87. The van der Waals surface area contributed by atoms with Crippen LogP contribution < -0.4 is 11.1 Å². The summed E-state index contributed by atoms with van der Waals surface area (Å²) in [6.07, 6.45) is 1.42. The molecule has 3 aromatic rings. The van der Waals surface area contributed by atoms with E-state index in [1.165, 1.54) is 17.6 Å². The Bertz CT molecular complexity index is 966. The molecule has 4 N–H and O–H groups in total. The standard InChI is InChI=1S/C18H14ClN3O3S.ClH/c19-12-5-3-10(4-6-12)17-11(9-15(23)22-18(20)21)8-14(26-17)16(24)13-2-1-7-25-13;/h1-8H,9H2,(H4,20,21,22,23);1H. The lowest BCUT2D eigenvalue weighted by Gasteiger charge is -2.05. The Morgan fingerprint density at radius 1 is 1.22 bits per heavy atom. The summed E-state index contributed by atoms with van der Waals surface area (Å²) in [5.41, 5.74) is 6.70. The summed E-state index contributed by atoms with van der Waals surface area (Å²) in [6, 6.07) is 12.0. The molecule has 0 bridgehead atoms. The Morgan fingerprint density at radius 3 is 2.52 bits per heavy atom. The van der Waals surface area contributed by atoms with Crippen LogP contribution in [-0.2, 0) is 11.2 Å². The SMILES string of the molecule is Cl.N=C(N)NC(=O)Cc1cc(C(=O)c2ccco2)sc1-c1ccc(Cl)cc1. The zero-order valence-corrected chi connectivity index (χ0v) is 16.2. The van der Waals surface area contributed by atoms with Crippen molar-refractivity contribution in [2.24, 2.45) is 5.73 Å². The number of nitrogens with two attached hydrogens (primary N) is 1. The van der Waals surface area contributed by atoms with E-state index in [2.05, 4.69) is 5.32 Å². The minimum atomic E-state index is -0.428. The van der Waals surface area contributed by atoms with E-state index in [1.807, 2.05) is 12.1 Å². The number of amides is 1. The Balaban J connectivity index is 0.00000261. The van der Waals surface area contributed by atoms with Gasteiger partial charge < -0.3 is 10.2 Å². The highest BCUT2D eigenvalue weighted by Gasteiger charge is 2.20. The fourth-order valence-electron chi connectivity index (χ4n) is 2.41. The third kappa shape index (κ3) is 4.97. The van der Waals surface area contributed by atoms with Gasteiger partial charge in [-0.15, -0.1) is 23.7 Å². The number of nitrogens with one attached hydrogen (secondary N) is 2. The van der Waals surface area contributed by atoms with E-state index in [0.29, 0.717) is 15.5 Å². The lowest BCUT2D eigenvalue weighted by Crippen LogP contribution is -2.36. The Morgan fingerprint density at radius 2 is 1.93 bits per heavy atom. The number of furan rings is 1. The predicted molar refractivity (Wildman–Crippen MR) is 108 cm³/mol. The van der Waals surface area contributed by atoms with Crippen LogP contribution in [0.1, 0.15) is 21.0 Å². The summed E-state index contributed by atoms with van der Waals surface area (Å²) in [5.74, 6) is -0.880. The van der Waals surface area contributed by atoms with Crippen LogP contribution in [0.2, 0.25) is 5.02 Å². The van der Waals surface area contributed by atoms with Gasteiger partial charge in [-0.25, -0.2) is 0 Å². The van der Waals surface area contributed by atoms with Gasteiger partial charge in [0.25, 0.3) is 0 Å². The zero-order valence-electron chi connectivity index (χ0n) is 13.8. The average Bonchev–Trinajstić information content (AvgIpc) is 3.24. The molecule has 140 valence electrons. The fourth-order valence-corrected chi connectivity index (χ4v) is 3.67. The van der Waals surface area contributed by atoms with Crippen molar-refractivity contribution in [3.63, 3.8) is 0 Å². The molecule has 6 nitrogen and oxygen atoms in total. The first-order valence-electron chi connectivity index (χ1n) is 7.55. The van der Waals surface area contributed by atoms with Crippen LogP contribution in [0.4, 0.5) is 0 Å². The quantitative estimate of drug-likeness (QED) is 0.328. The smallest absolute Gasteiger partial charge is 0.238 e. The first kappa shape index (κ1) is 20.7. The second kappa shape index (κ2) is 8.85. The molecule has 0 unspecified atom stereocenters. The molecule has 3 rings (SSSR count). The molecule has 0 radical (unpaired) electrons. The van der Waals surface area contributed by atoms with Gasteiger partial charge in [-0.05, 0) is 41.5 Å². The van der Waals surface area contributed by atoms with Gasteiger partial charge >= 0.3 is 0 Å². The van der Waals surface area contributed by atoms with Gasteiger partial charge in [0, 0.05) is 9.90 Å². The van der Waals surface area contributed by atoms with Gasteiger partial charge in [0.05, 0.1) is 17.6 Å². The highest BCUT2D eigenvalue weighted by Crippen LogP contribution is 2.35. The number of ketones is 1. The zero-order chi connectivity index (χ0) is 18.7. The normalized spacial score (nSPS) is 10.1. The highest BCUT2D eigenvalue weighted by molar-refractivity contribution is 7.17. The third-order valence-corrected chi connectivity index (χ3v) is 4.99. The monoisotopic (exact) mass is 423 g/mol. The fraction of sp³-hybridized carbons (Fsp3) is 0.0556. The molecule has 27 heavy (non-hydrogen) atoms. The van der Waals surface area contributed by atoms with Gasteiger partial charge in [-0.2, -0.15) is 0 Å². The van der Waals surface area contributed by atoms with Gasteiger partial charge in [0.15, 0.2) is 11.7 Å². The van der Waals surface area contributed by atoms with Gasteiger partial charge in [0.1, 0.15) is 0 Å². The summed E-state index contributed by atoms with van der Waals surface area (Å²) >= 11 is 7.21. The van der Waals surface area contributed by atoms with E-state index in [9.17, 15) is 9.59 Å². The number of halogens is 2.